The highest BCUT2D eigenvalue weighted by Crippen LogP contribution is 1.94. The lowest BCUT2D eigenvalue weighted by Crippen LogP contribution is -2.44. The van der Waals surface area contributed by atoms with Crippen LogP contribution in [0.1, 0.15) is 12.8 Å². The van der Waals surface area contributed by atoms with Crippen LogP contribution in [0.15, 0.2) is 0 Å². The van der Waals surface area contributed by atoms with Gasteiger partial charge in [0.05, 0.1) is 6.61 Å². The summed E-state index contributed by atoms with van der Waals surface area (Å²) in [5, 5.41) is 8.63. The fourth-order valence-corrected chi connectivity index (χ4v) is 0.965. The summed E-state index contributed by atoms with van der Waals surface area (Å²) in [6, 6.07) is -0.789. The lowest BCUT2D eigenvalue weighted by Gasteiger charge is -2.19. The van der Waals surface area contributed by atoms with E-state index in [0.717, 1.165) is 12.8 Å². The van der Waals surface area contributed by atoms with Gasteiger partial charge in [0.2, 0.25) is 5.91 Å². The summed E-state index contributed by atoms with van der Waals surface area (Å²) in [6.07, 6.45) is 1.77. The average molecular weight is 189 g/mol. The largest absolute Gasteiger partial charge is 0.394 e. The minimum atomic E-state index is -0.789. The van der Waals surface area contributed by atoms with Gasteiger partial charge < -0.3 is 21.5 Å². The first kappa shape index (κ1) is 12.3. The zero-order valence-electron chi connectivity index (χ0n) is 8.07. The van der Waals surface area contributed by atoms with Crippen LogP contribution in [-0.4, -0.2) is 48.7 Å². The number of hydrogen-bond donors (Lipinski definition) is 3. The number of unbranched alkanes of at least 4 members (excludes halogenated alkanes) is 1. The van der Waals surface area contributed by atoms with Crippen molar-refractivity contribution in [3.05, 3.63) is 0 Å². The van der Waals surface area contributed by atoms with Crippen molar-refractivity contribution in [1.29, 1.82) is 0 Å². The molecular weight excluding hydrogens is 170 g/mol. The highest BCUT2D eigenvalue weighted by atomic mass is 16.3. The van der Waals surface area contributed by atoms with Crippen LogP contribution in [-0.2, 0) is 4.79 Å². The van der Waals surface area contributed by atoms with Gasteiger partial charge in [-0.1, -0.05) is 0 Å². The molecule has 1 amide bonds. The normalized spacial score (nSPS) is 12.6. The molecule has 0 saturated heterocycles. The summed E-state index contributed by atoms with van der Waals surface area (Å²) in [5.41, 5.74) is 10.7. The Morgan fingerprint density at radius 1 is 1.54 bits per heavy atom. The number of carbonyl (C=O) groups excluding carboxylic acids is 1. The van der Waals surface area contributed by atoms with Crippen LogP contribution < -0.4 is 11.5 Å². The molecule has 0 heterocycles. The van der Waals surface area contributed by atoms with Crippen molar-refractivity contribution in [3.63, 3.8) is 0 Å². The number of likely N-dealkylation sites (N-methyl/N-ethyl adjacent to an activating group) is 1. The summed E-state index contributed by atoms with van der Waals surface area (Å²) in [7, 11) is 1.67. The van der Waals surface area contributed by atoms with Crippen LogP contribution in [0.2, 0.25) is 0 Å². The Bertz CT molecular complexity index is 152. The number of nitrogens with zero attached hydrogens (tertiary/aromatic N) is 1. The van der Waals surface area contributed by atoms with Gasteiger partial charge in [0.1, 0.15) is 6.04 Å². The zero-order valence-corrected chi connectivity index (χ0v) is 8.07. The number of aliphatic hydroxyl groups excluding tert-OH is 1. The van der Waals surface area contributed by atoms with E-state index >= 15 is 0 Å². The predicted molar refractivity (Wildman–Crippen MR) is 51.0 cm³/mol. The average Bonchev–Trinajstić information content (AvgIpc) is 2.15. The summed E-state index contributed by atoms with van der Waals surface area (Å²) < 4.78 is 0. The van der Waals surface area contributed by atoms with Crippen molar-refractivity contribution in [2.75, 3.05) is 26.7 Å². The second kappa shape index (κ2) is 6.82. The molecule has 5 heteroatoms. The minimum Gasteiger partial charge on any atom is -0.394 e. The molecule has 1 atom stereocenters. The molecule has 0 aromatic heterocycles. The van der Waals surface area contributed by atoms with E-state index in [4.69, 9.17) is 16.6 Å². The molecule has 0 rings (SSSR count). The van der Waals surface area contributed by atoms with E-state index < -0.39 is 6.04 Å². The SMILES string of the molecule is CN(CCCCN)C(=O)[C@@H](N)CO. The molecule has 0 radical (unpaired) electrons. The molecule has 5 nitrogen and oxygen atoms in total. The fraction of sp³-hybridized carbons (Fsp3) is 0.875. The molecule has 5 N–H and O–H groups in total. The molecule has 0 aliphatic carbocycles. The smallest absolute Gasteiger partial charge is 0.241 e. The number of carbonyl (C=O) groups is 1. The number of hydrogen-bond acceptors (Lipinski definition) is 4. The third-order valence-electron chi connectivity index (χ3n) is 1.84. The van der Waals surface area contributed by atoms with Gasteiger partial charge in [-0.25, -0.2) is 0 Å². The molecule has 0 aliphatic heterocycles. The van der Waals surface area contributed by atoms with Crippen molar-refractivity contribution in [2.24, 2.45) is 11.5 Å². The first-order valence-corrected chi connectivity index (χ1v) is 4.45. The molecule has 0 aromatic rings. The Kier molecular flexibility index (Phi) is 6.48. The summed E-state index contributed by atoms with van der Waals surface area (Å²) in [6.45, 7) is 0.970. The van der Waals surface area contributed by atoms with Gasteiger partial charge in [-0.2, -0.15) is 0 Å². The van der Waals surface area contributed by atoms with E-state index in [9.17, 15) is 4.79 Å². The van der Waals surface area contributed by atoms with Crippen molar-refractivity contribution in [3.8, 4) is 0 Å². The summed E-state index contributed by atoms with van der Waals surface area (Å²) in [4.78, 5) is 12.8. The first-order chi connectivity index (χ1) is 6.13. The Hall–Kier alpha value is -0.650. The maximum Gasteiger partial charge on any atom is 0.241 e. The van der Waals surface area contributed by atoms with Gasteiger partial charge in [-0.05, 0) is 19.4 Å². The van der Waals surface area contributed by atoms with E-state index in [0.29, 0.717) is 13.1 Å². The van der Waals surface area contributed by atoms with Gasteiger partial charge in [-0.15, -0.1) is 0 Å². The van der Waals surface area contributed by atoms with Crippen molar-refractivity contribution >= 4 is 5.91 Å². The summed E-state index contributed by atoms with van der Waals surface area (Å²) >= 11 is 0. The van der Waals surface area contributed by atoms with Crippen LogP contribution in [0.25, 0.3) is 0 Å². The standard InChI is InChI=1S/C8H19N3O2/c1-11(5-3-2-4-9)8(13)7(10)6-12/h7,12H,2-6,9-10H2,1H3/t7-/m0/s1. The quantitative estimate of drug-likeness (QED) is 0.443. The molecule has 0 unspecified atom stereocenters. The van der Waals surface area contributed by atoms with Gasteiger partial charge >= 0.3 is 0 Å². The van der Waals surface area contributed by atoms with Crippen molar-refractivity contribution < 1.29 is 9.90 Å². The van der Waals surface area contributed by atoms with E-state index in [2.05, 4.69) is 0 Å². The number of aliphatic hydroxyl groups is 1. The van der Waals surface area contributed by atoms with Gasteiger partial charge in [0.15, 0.2) is 0 Å². The zero-order chi connectivity index (χ0) is 10.3. The Balaban J connectivity index is 3.69. The number of amides is 1. The monoisotopic (exact) mass is 189 g/mol. The lowest BCUT2D eigenvalue weighted by molar-refractivity contribution is -0.132. The maximum atomic E-state index is 11.3. The molecule has 0 spiro atoms. The Morgan fingerprint density at radius 2 is 2.15 bits per heavy atom. The van der Waals surface area contributed by atoms with Crippen LogP contribution in [0.5, 0.6) is 0 Å². The van der Waals surface area contributed by atoms with Gasteiger partial charge in [0, 0.05) is 13.6 Å². The third kappa shape index (κ3) is 4.82. The number of rotatable bonds is 6. The van der Waals surface area contributed by atoms with E-state index in [1.165, 1.54) is 4.90 Å². The molecule has 0 aromatic carbocycles. The van der Waals surface area contributed by atoms with Crippen LogP contribution in [0.4, 0.5) is 0 Å². The van der Waals surface area contributed by atoms with Crippen LogP contribution in [0, 0.1) is 0 Å². The van der Waals surface area contributed by atoms with Crippen molar-refractivity contribution in [2.45, 2.75) is 18.9 Å². The van der Waals surface area contributed by atoms with Gasteiger partial charge in [0.25, 0.3) is 0 Å². The predicted octanol–water partition coefficient (Wildman–Crippen LogP) is -1.50. The molecule has 0 fully saturated rings. The number of nitrogens with two attached hydrogens (primary N) is 2. The molecular formula is C8H19N3O2. The van der Waals surface area contributed by atoms with Crippen LogP contribution >= 0.6 is 0 Å². The van der Waals surface area contributed by atoms with E-state index in [-0.39, 0.29) is 12.5 Å². The summed E-state index contributed by atoms with van der Waals surface area (Å²) in [5.74, 6) is -0.223. The van der Waals surface area contributed by atoms with Crippen LogP contribution in [0.3, 0.4) is 0 Å². The Morgan fingerprint density at radius 3 is 2.62 bits per heavy atom. The van der Waals surface area contributed by atoms with Crippen molar-refractivity contribution in [1.82, 2.24) is 4.90 Å². The molecule has 0 saturated carbocycles. The molecule has 0 aliphatic rings. The molecule has 13 heavy (non-hydrogen) atoms. The topological polar surface area (TPSA) is 92.6 Å². The second-order valence-corrected chi connectivity index (χ2v) is 3.04. The van der Waals surface area contributed by atoms with E-state index in [1.54, 1.807) is 7.05 Å². The first-order valence-electron chi connectivity index (χ1n) is 4.45. The molecule has 0 bridgehead atoms. The van der Waals surface area contributed by atoms with Gasteiger partial charge in [-0.3, -0.25) is 4.79 Å². The second-order valence-electron chi connectivity index (χ2n) is 3.04. The highest BCUT2D eigenvalue weighted by Gasteiger charge is 2.15. The molecule has 78 valence electrons. The minimum absolute atomic E-state index is 0.223. The lowest BCUT2D eigenvalue weighted by atomic mass is 10.2. The highest BCUT2D eigenvalue weighted by molar-refractivity contribution is 5.81. The Labute approximate surface area is 78.7 Å². The van der Waals surface area contributed by atoms with E-state index in [1.807, 2.05) is 0 Å². The fourth-order valence-electron chi connectivity index (χ4n) is 0.965. The third-order valence-corrected chi connectivity index (χ3v) is 1.84. The maximum absolute atomic E-state index is 11.3.